The number of benzene rings is 1. The van der Waals surface area contributed by atoms with Gasteiger partial charge in [-0.15, -0.1) is 0 Å². The zero-order chi connectivity index (χ0) is 16.9. The van der Waals surface area contributed by atoms with Gasteiger partial charge in [0.2, 0.25) is 5.95 Å². The maximum atomic E-state index is 12.9. The summed E-state index contributed by atoms with van der Waals surface area (Å²) in [6.07, 6.45) is 1.60. The quantitative estimate of drug-likeness (QED) is 0.916. The molecule has 1 aliphatic rings. The first-order chi connectivity index (χ1) is 11.6. The van der Waals surface area contributed by atoms with E-state index in [1.807, 2.05) is 0 Å². The highest BCUT2D eigenvalue weighted by molar-refractivity contribution is 5.92. The van der Waals surface area contributed by atoms with E-state index in [9.17, 15) is 9.18 Å². The van der Waals surface area contributed by atoms with Crippen LogP contribution in [0.2, 0.25) is 0 Å². The van der Waals surface area contributed by atoms with Gasteiger partial charge >= 0.3 is 0 Å². The number of likely N-dealkylation sites (N-methyl/N-ethyl adjacent to an activating group) is 1. The molecule has 0 spiro atoms. The van der Waals surface area contributed by atoms with Gasteiger partial charge < -0.3 is 15.1 Å². The molecule has 126 valence electrons. The van der Waals surface area contributed by atoms with E-state index in [1.54, 1.807) is 24.4 Å². The maximum absolute atomic E-state index is 12.9. The van der Waals surface area contributed by atoms with Crippen molar-refractivity contribution in [1.82, 2.24) is 20.2 Å². The van der Waals surface area contributed by atoms with Gasteiger partial charge in [0.15, 0.2) is 0 Å². The molecule has 1 aliphatic heterocycles. The second-order valence-electron chi connectivity index (χ2n) is 5.84. The summed E-state index contributed by atoms with van der Waals surface area (Å²) in [5, 5.41) is 2.79. The van der Waals surface area contributed by atoms with E-state index in [0.29, 0.717) is 18.2 Å². The van der Waals surface area contributed by atoms with Crippen LogP contribution in [0.25, 0.3) is 0 Å². The third kappa shape index (κ3) is 4.05. The van der Waals surface area contributed by atoms with Crippen molar-refractivity contribution < 1.29 is 9.18 Å². The SMILES string of the molecule is CN1CCN(c2nccc(C(=O)NCc3ccc(F)cc3)n2)CC1. The summed E-state index contributed by atoms with van der Waals surface area (Å²) in [4.78, 5) is 25.2. The Morgan fingerprint density at radius 2 is 1.88 bits per heavy atom. The second kappa shape index (κ2) is 7.35. The minimum atomic E-state index is -0.294. The van der Waals surface area contributed by atoms with Crippen molar-refractivity contribution in [3.8, 4) is 0 Å². The first-order valence-corrected chi connectivity index (χ1v) is 7.91. The molecule has 1 aromatic heterocycles. The standard InChI is InChI=1S/C17H20FN5O/c1-22-8-10-23(11-9-22)17-19-7-6-15(21-17)16(24)20-12-13-2-4-14(18)5-3-13/h2-7H,8-12H2,1H3,(H,20,24). The van der Waals surface area contributed by atoms with E-state index in [1.165, 1.54) is 12.1 Å². The van der Waals surface area contributed by atoms with Crippen LogP contribution in [0.1, 0.15) is 16.1 Å². The zero-order valence-corrected chi connectivity index (χ0v) is 13.6. The molecule has 2 aromatic rings. The molecule has 1 fully saturated rings. The van der Waals surface area contributed by atoms with Gasteiger partial charge in [0.1, 0.15) is 11.5 Å². The average molecular weight is 329 g/mol. The minimum absolute atomic E-state index is 0.267. The molecule has 0 radical (unpaired) electrons. The van der Waals surface area contributed by atoms with Gasteiger partial charge in [0.25, 0.3) is 5.91 Å². The van der Waals surface area contributed by atoms with Crippen LogP contribution in [-0.2, 0) is 6.54 Å². The fourth-order valence-electron chi connectivity index (χ4n) is 2.51. The van der Waals surface area contributed by atoms with Gasteiger partial charge in [-0.2, -0.15) is 0 Å². The summed E-state index contributed by atoms with van der Waals surface area (Å²) in [6.45, 7) is 3.91. The van der Waals surface area contributed by atoms with E-state index in [0.717, 1.165) is 31.7 Å². The van der Waals surface area contributed by atoms with Crippen molar-refractivity contribution in [3.63, 3.8) is 0 Å². The molecule has 0 atom stereocenters. The number of anilines is 1. The zero-order valence-electron chi connectivity index (χ0n) is 13.6. The van der Waals surface area contributed by atoms with Crippen LogP contribution in [-0.4, -0.2) is 54.0 Å². The molecule has 0 aliphatic carbocycles. The van der Waals surface area contributed by atoms with Crippen LogP contribution >= 0.6 is 0 Å². The van der Waals surface area contributed by atoms with Crippen molar-refractivity contribution in [2.75, 3.05) is 38.1 Å². The van der Waals surface area contributed by atoms with Crippen LogP contribution in [0.15, 0.2) is 36.5 Å². The predicted molar refractivity (Wildman–Crippen MR) is 89.3 cm³/mol. The summed E-state index contributed by atoms with van der Waals surface area (Å²) in [6, 6.07) is 7.63. The number of nitrogens with zero attached hydrogens (tertiary/aromatic N) is 4. The van der Waals surface area contributed by atoms with Gasteiger partial charge in [-0.25, -0.2) is 14.4 Å². The lowest BCUT2D eigenvalue weighted by atomic mass is 10.2. The van der Waals surface area contributed by atoms with Crippen LogP contribution in [0.4, 0.5) is 10.3 Å². The number of carbonyl (C=O) groups is 1. The Balaban J connectivity index is 1.62. The highest BCUT2D eigenvalue weighted by Gasteiger charge is 2.17. The van der Waals surface area contributed by atoms with Gasteiger partial charge in [-0.05, 0) is 30.8 Å². The van der Waals surface area contributed by atoms with Gasteiger partial charge in [-0.1, -0.05) is 12.1 Å². The third-order valence-electron chi connectivity index (χ3n) is 4.03. The Morgan fingerprint density at radius 3 is 2.58 bits per heavy atom. The first-order valence-electron chi connectivity index (χ1n) is 7.91. The fraction of sp³-hybridized carbons (Fsp3) is 0.353. The van der Waals surface area contributed by atoms with E-state index in [-0.39, 0.29) is 11.7 Å². The number of halogens is 1. The molecular weight excluding hydrogens is 309 g/mol. The molecule has 1 N–H and O–H groups in total. The molecule has 24 heavy (non-hydrogen) atoms. The molecule has 7 heteroatoms. The van der Waals surface area contributed by atoms with Crippen LogP contribution in [0.3, 0.4) is 0 Å². The van der Waals surface area contributed by atoms with E-state index in [4.69, 9.17) is 0 Å². The summed E-state index contributed by atoms with van der Waals surface area (Å²) in [5.74, 6) is 0.0207. The van der Waals surface area contributed by atoms with E-state index in [2.05, 4.69) is 32.1 Å². The van der Waals surface area contributed by atoms with Crippen molar-refractivity contribution in [1.29, 1.82) is 0 Å². The third-order valence-corrected chi connectivity index (χ3v) is 4.03. The summed E-state index contributed by atoms with van der Waals surface area (Å²) < 4.78 is 12.9. The Morgan fingerprint density at radius 1 is 1.17 bits per heavy atom. The molecule has 1 saturated heterocycles. The largest absolute Gasteiger partial charge is 0.347 e. The average Bonchev–Trinajstić information content (AvgIpc) is 2.62. The lowest BCUT2D eigenvalue weighted by Crippen LogP contribution is -2.45. The summed E-state index contributed by atoms with van der Waals surface area (Å²) >= 11 is 0. The monoisotopic (exact) mass is 329 g/mol. The number of amides is 1. The lowest BCUT2D eigenvalue weighted by molar-refractivity contribution is 0.0946. The van der Waals surface area contributed by atoms with E-state index >= 15 is 0 Å². The fourth-order valence-corrected chi connectivity index (χ4v) is 2.51. The molecule has 0 bridgehead atoms. The first kappa shape index (κ1) is 16.3. The summed E-state index contributed by atoms with van der Waals surface area (Å²) in [5.41, 5.74) is 1.17. The highest BCUT2D eigenvalue weighted by Crippen LogP contribution is 2.11. The van der Waals surface area contributed by atoms with Crippen molar-refractivity contribution in [3.05, 3.63) is 53.6 Å². The Kier molecular flexibility index (Phi) is 5.00. The van der Waals surface area contributed by atoms with Crippen molar-refractivity contribution >= 4 is 11.9 Å². The number of hydrogen-bond acceptors (Lipinski definition) is 5. The lowest BCUT2D eigenvalue weighted by Gasteiger charge is -2.32. The number of carbonyl (C=O) groups excluding carboxylic acids is 1. The smallest absolute Gasteiger partial charge is 0.270 e. The number of hydrogen-bond donors (Lipinski definition) is 1. The van der Waals surface area contributed by atoms with Gasteiger partial charge in [0, 0.05) is 38.9 Å². The molecule has 0 unspecified atom stereocenters. The van der Waals surface area contributed by atoms with E-state index < -0.39 is 0 Å². The summed E-state index contributed by atoms with van der Waals surface area (Å²) in [7, 11) is 2.08. The molecule has 2 heterocycles. The molecule has 0 saturated carbocycles. The van der Waals surface area contributed by atoms with Crippen LogP contribution in [0.5, 0.6) is 0 Å². The van der Waals surface area contributed by atoms with Crippen LogP contribution < -0.4 is 10.2 Å². The molecule has 3 rings (SSSR count). The molecule has 1 aromatic carbocycles. The van der Waals surface area contributed by atoms with Crippen molar-refractivity contribution in [2.45, 2.75) is 6.54 Å². The Hall–Kier alpha value is -2.54. The molecular formula is C17H20FN5O. The molecule has 1 amide bonds. The van der Waals surface area contributed by atoms with Crippen LogP contribution in [0, 0.1) is 5.82 Å². The normalized spacial score (nSPS) is 15.3. The maximum Gasteiger partial charge on any atom is 0.270 e. The van der Waals surface area contributed by atoms with Gasteiger partial charge in [-0.3, -0.25) is 4.79 Å². The van der Waals surface area contributed by atoms with Crippen molar-refractivity contribution in [2.24, 2.45) is 0 Å². The second-order valence-corrected chi connectivity index (χ2v) is 5.84. The Bertz CT molecular complexity index is 698. The topological polar surface area (TPSA) is 61.4 Å². The molecule has 6 nitrogen and oxygen atoms in total. The number of aromatic nitrogens is 2. The minimum Gasteiger partial charge on any atom is -0.347 e. The number of rotatable bonds is 4. The predicted octanol–water partition coefficient (Wildman–Crippen LogP) is 1.30. The Labute approximate surface area is 140 Å². The van der Waals surface area contributed by atoms with Gasteiger partial charge in [0.05, 0.1) is 0 Å². The number of piperazine rings is 1. The highest BCUT2D eigenvalue weighted by atomic mass is 19.1. The number of nitrogens with one attached hydrogen (secondary N) is 1.